The van der Waals surface area contributed by atoms with Gasteiger partial charge in [-0.25, -0.2) is 0 Å². The fourth-order valence-corrected chi connectivity index (χ4v) is 2.40. The SMILES string of the molecule is Cc1ccccc1NC(=O)/C(C#N)=C/c1coc2ccccc2c1=O. The number of rotatable bonds is 3. The lowest BCUT2D eigenvalue weighted by Crippen LogP contribution is -2.15. The van der Waals surface area contributed by atoms with Crippen molar-refractivity contribution in [1.29, 1.82) is 5.26 Å². The number of aryl methyl sites for hydroxylation is 1. The molecule has 5 heteroatoms. The van der Waals surface area contributed by atoms with E-state index in [4.69, 9.17) is 4.42 Å². The Balaban J connectivity index is 1.97. The Bertz CT molecular complexity index is 1090. The minimum Gasteiger partial charge on any atom is -0.463 e. The van der Waals surface area contributed by atoms with Gasteiger partial charge in [0.15, 0.2) is 5.43 Å². The third kappa shape index (κ3) is 3.33. The topological polar surface area (TPSA) is 83.1 Å². The van der Waals surface area contributed by atoms with Crippen LogP contribution in [0, 0.1) is 18.3 Å². The van der Waals surface area contributed by atoms with Crippen molar-refractivity contribution < 1.29 is 9.21 Å². The van der Waals surface area contributed by atoms with Crippen LogP contribution in [0.3, 0.4) is 0 Å². The molecular formula is C20H14N2O3. The first-order valence-electron chi connectivity index (χ1n) is 7.59. The van der Waals surface area contributed by atoms with Crippen LogP contribution in [0.15, 0.2) is 69.6 Å². The Morgan fingerprint density at radius 3 is 2.64 bits per heavy atom. The lowest BCUT2D eigenvalue weighted by molar-refractivity contribution is -0.112. The molecule has 25 heavy (non-hydrogen) atoms. The van der Waals surface area contributed by atoms with E-state index in [1.54, 1.807) is 36.4 Å². The Morgan fingerprint density at radius 2 is 1.88 bits per heavy atom. The van der Waals surface area contributed by atoms with Crippen LogP contribution in [0.4, 0.5) is 5.69 Å². The second-order valence-corrected chi connectivity index (χ2v) is 5.46. The Kier molecular flexibility index (Phi) is 4.44. The van der Waals surface area contributed by atoms with Gasteiger partial charge >= 0.3 is 0 Å². The third-order valence-electron chi connectivity index (χ3n) is 3.76. The zero-order chi connectivity index (χ0) is 17.8. The van der Waals surface area contributed by atoms with Gasteiger partial charge < -0.3 is 9.73 Å². The normalized spacial score (nSPS) is 11.1. The van der Waals surface area contributed by atoms with Crippen LogP contribution in [0.2, 0.25) is 0 Å². The fraction of sp³-hybridized carbons (Fsp3) is 0.0500. The highest BCUT2D eigenvalue weighted by Gasteiger charge is 2.13. The van der Waals surface area contributed by atoms with Crippen LogP contribution in [0.1, 0.15) is 11.1 Å². The van der Waals surface area contributed by atoms with E-state index < -0.39 is 5.91 Å². The predicted octanol–water partition coefficient (Wildman–Crippen LogP) is 3.65. The Hall–Kier alpha value is -3.65. The number of nitrogens with zero attached hydrogens (tertiary/aromatic N) is 1. The summed E-state index contributed by atoms with van der Waals surface area (Å²) >= 11 is 0. The summed E-state index contributed by atoms with van der Waals surface area (Å²) in [6.07, 6.45) is 2.49. The molecule has 0 unspecified atom stereocenters. The Morgan fingerprint density at radius 1 is 1.16 bits per heavy atom. The van der Waals surface area contributed by atoms with Gasteiger partial charge in [0.1, 0.15) is 23.5 Å². The first-order valence-corrected chi connectivity index (χ1v) is 7.59. The summed E-state index contributed by atoms with van der Waals surface area (Å²) in [5, 5.41) is 12.4. The van der Waals surface area contributed by atoms with Crippen LogP contribution in [-0.2, 0) is 4.79 Å². The lowest BCUT2D eigenvalue weighted by Gasteiger charge is -2.07. The van der Waals surface area contributed by atoms with E-state index in [9.17, 15) is 14.9 Å². The summed E-state index contributed by atoms with van der Waals surface area (Å²) in [7, 11) is 0. The number of anilines is 1. The molecule has 0 aliphatic heterocycles. The summed E-state index contributed by atoms with van der Waals surface area (Å²) in [6.45, 7) is 1.85. The zero-order valence-corrected chi connectivity index (χ0v) is 13.4. The number of carbonyl (C=O) groups is 1. The number of hydrogen-bond acceptors (Lipinski definition) is 4. The average molecular weight is 330 g/mol. The van der Waals surface area contributed by atoms with Gasteiger partial charge in [-0.15, -0.1) is 0 Å². The largest absolute Gasteiger partial charge is 0.463 e. The summed E-state index contributed by atoms with van der Waals surface area (Å²) in [6, 6.07) is 15.9. The van der Waals surface area contributed by atoms with Crippen molar-refractivity contribution in [3.63, 3.8) is 0 Å². The molecule has 1 amide bonds. The van der Waals surface area contributed by atoms with E-state index in [1.165, 1.54) is 12.3 Å². The first kappa shape index (κ1) is 16.2. The van der Waals surface area contributed by atoms with Gasteiger partial charge in [-0.3, -0.25) is 9.59 Å². The van der Waals surface area contributed by atoms with Crippen molar-refractivity contribution in [2.75, 3.05) is 5.32 Å². The molecule has 0 aliphatic rings. The quantitative estimate of drug-likeness (QED) is 0.587. The van der Waals surface area contributed by atoms with Crippen molar-refractivity contribution in [2.24, 2.45) is 0 Å². The van der Waals surface area contributed by atoms with Gasteiger partial charge in [0, 0.05) is 5.69 Å². The van der Waals surface area contributed by atoms with Crippen molar-refractivity contribution in [2.45, 2.75) is 6.92 Å². The van der Waals surface area contributed by atoms with Gasteiger partial charge in [-0.05, 0) is 36.8 Å². The standard InChI is InChI=1S/C20H14N2O3/c1-13-6-2-4-8-17(13)22-20(24)14(11-21)10-15-12-25-18-9-5-3-7-16(18)19(15)23/h2-10,12H,1H3,(H,22,24)/b14-10+. The van der Waals surface area contributed by atoms with E-state index in [0.29, 0.717) is 16.7 Å². The second-order valence-electron chi connectivity index (χ2n) is 5.46. The minimum atomic E-state index is -0.579. The van der Waals surface area contributed by atoms with Gasteiger partial charge in [-0.1, -0.05) is 30.3 Å². The number of benzene rings is 2. The minimum absolute atomic E-state index is 0.148. The molecule has 1 heterocycles. The monoisotopic (exact) mass is 330 g/mol. The molecule has 1 N–H and O–H groups in total. The molecule has 0 atom stereocenters. The zero-order valence-electron chi connectivity index (χ0n) is 13.4. The van der Waals surface area contributed by atoms with Gasteiger partial charge in [0.25, 0.3) is 5.91 Å². The summed E-state index contributed by atoms with van der Waals surface area (Å²) < 4.78 is 5.40. The third-order valence-corrected chi connectivity index (χ3v) is 3.76. The molecule has 0 fully saturated rings. The Labute approximate surface area is 143 Å². The van der Waals surface area contributed by atoms with Gasteiger partial charge in [0.05, 0.1) is 10.9 Å². The molecule has 5 nitrogen and oxygen atoms in total. The molecule has 0 saturated heterocycles. The summed E-state index contributed by atoms with van der Waals surface area (Å²) in [4.78, 5) is 24.8. The van der Waals surface area contributed by atoms with Crippen LogP contribution < -0.4 is 10.7 Å². The molecule has 1 aromatic heterocycles. The highest BCUT2D eigenvalue weighted by molar-refractivity contribution is 6.10. The average Bonchev–Trinajstić information content (AvgIpc) is 2.63. The molecule has 2 aromatic carbocycles. The van der Waals surface area contributed by atoms with Crippen LogP contribution in [0.25, 0.3) is 17.0 Å². The second kappa shape index (κ2) is 6.85. The van der Waals surface area contributed by atoms with Crippen LogP contribution in [-0.4, -0.2) is 5.91 Å². The van der Waals surface area contributed by atoms with Crippen LogP contribution in [0.5, 0.6) is 0 Å². The van der Waals surface area contributed by atoms with Gasteiger partial charge in [0.2, 0.25) is 0 Å². The molecule has 0 spiro atoms. The van der Waals surface area contributed by atoms with Crippen molar-refractivity contribution >= 4 is 28.6 Å². The molecule has 0 saturated carbocycles. The molecular weight excluding hydrogens is 316 g/mol. The first-order chi connectivity index (χ1) is 12.1. The summed E-state index contributed by atoms with van der Waals surface area (Å²) in [5.74, 6) is -0.579. The van der Waals surface area contributed by atoms with E-state index in [0.717, 1.165) is 5.56 Å². The number of hydrogen-bond donors (Lipinski definition) is 1. The molecule has 3 aromatic rings. The van der Waals surface area contributed by atoms with E-state index in [2.05, 4.69) is 5.32 Å². The molecule has 0 bridgehead atoms. The van der Waals surface area contributed by atoms with Crippen molar-refractivity contribution in [3.05, 3.63) is 81.7 Å². The highest BCUT2D eigenvalue weighted by Crippen LogP contribution is 2.16. The lowest BCUT2D eigenvalue weighted by atomic mass is 10.1. The van der Waals surface area contributed by atoms with E-state index in [-0.39, 0.29) is 16.6 Å². The molecule has 122 valence electrons. The maximum atomic E-state index is 12.5. The predicted molar refractivity (Wildman–Crippen MR) is 95.9 cm³/mol. The fourth-order valence-electron chi connectivity index (χ4n) is 2.40. The van der Waals surface area contributed by atoms with E-state index in [1.807, 2.05) is 25.1 Å². The van der Waals surface area contributed by atoms with Crippen LogP contribution >= 0.6 is 0 Å². The number of amides is 1. The van der Waals surface area contributed by atoms with Crippen molar-refractivity contribution in [3.8, 4) is 6.07 Å². The van der Waals surface area contributed by atoms with Gasteiger partial charge in [-0.2, -0.15) is 5.26 Å². The van der Waals surface area contributed by atoms with Crippen molar-refractivity contribution in [1.82, 2.24) is 0 Å². The highest BCUT2D eigenvalue weighted by atomic mass is 16.3. The molecule has 0 aliphatic carbocycles. The number of nitrogens with one attached hydrogen (secondary N) is 1. The summed E-state index contributed by atoms with van der Waals surface area (Å²) in [5.41, 5.74) is 1.62. The number of carbonyl (C=O) groups excluding carboxylic acids is 1. The van der Waals surface area contributed by atoms with E-state index >= 15 is 0 Å². The smallest absolute Gasteiger partial charge is 0.266 e. The molecule has 3 rings (SSSR count). The number of fused-ring (bicyclic) bond motifs is 1. The number of para-hydroxylation sites is 2. The molecule has 0 radical (unpaired) electrons. The maximum absolute atomic E-state index is 12.5. The number of nitriles is 1. The maximum Gasteiger partial charge on any atom is 0.266 e.